The number of rotatable bonds is 1. The second-order valence-electron chi connectivity index (χ2n) is 0.524. The van der Waals surface area contributed by atoms with Gasteiger partial charge in [0.25, 0.3) is 0 Å². The van der Waals surface area contributed by atoms with Crippen molar-refractivity contribution >= 4 is 41.1 Å². The molecule has 0 N–H and O–H groups in total. The molecule has 0 nitrogen and oxygen atoms in total. The molecule has 0 amide bonds. The van der Waals surface area contributed by atoms with Gasteiger partial charge in [-0.2, -0.15) is 0 Å². The first-order chi connectivity index (χ1) is 1.91. The van der Waals surface area contributed by atoms with Crippen molar-refractivity contribution in [3.8, 4) is 0 Å². The highest BCUT2D eigenvalue weighted by Gasteiger charge is 1.46. The van der Waals surface area contributed by atoms with E-state index in [0.717, 1.165) is 5.28 Å². The molecular formula is C3H7AlCl2. The van der Waals surface area contributed by atoms with Crippen LogP contribution in [0.4, 0.5) is 0 Å². The average Bonchev–Trinajstić information content (AvgIpc) is 1.37. The van der Waals surface area contributed by atoms with Crippen molar-refractivity contribution in [1.29, 1.82) is 0 Å². The zero-order valence-corrected chi connectivity index (χ0v) is 6.17. The summed E-state index contributed by atoms with van der Waals surface area (Å²) in [4.78, 5) is 0. The second kappa shape index (κ2) is 16.9. The first-order valence-corrected chi connectivity index (χ1v) is 2.04. The maximum absolute atomic E-state index is 3.46. The summed E-state index contributed by atoms with van der Waals surface area (Å²) >= 11 is 2.54. The van der Waals surface area contributed by atoms with E-state index in [-0.39, 0.29) is 24.8 Å². The number of hydrogen-bond donors (Lipinski definition) is 0. The third-order valence-electron chi connectivity index (χ3n) is 0.167. The lowest BCUT2D eigenvalue weighted by Crippen LogP contribution is -1.47. The van der Waals surface area contributed by atoms with Gasteiger partial charge in [-0.05, 0) is 0 Å². The third-order valence-corrected chi connectivity index (χ3v) is 0.500. The van der Waals surface area contributed by atoms with E-state index in [1.54, 1.807) is 0 Å². The Bertz CT molecular complexity index is 22.8. The first kappa shape index (κ1) is 15.8. The van der Waals surface area contributed by atoms with Crippen molar-refractivity contribution in [3.63, 3.8) is 0 Å². The van der Waals surface area contributed by atoms with Gasteiger partial charge >= 0.3 is 0 Å². The Morgan fingerprint density at radius 2 is 1.67 bits per heavy atom. The van der Waals surface area contributed by atoms with Crippen LogP contribution < -0.4 is 0 Å². The van der Waals surface area contributed by atoms with Gasteiger partial charge in [-0.15, -0.1) is 42.8 Å². The van der Waals surface area contributed by atoms with Gasteiger partial charge in [0.05, 0.1) is 0 Å². The van der Waals surface area contributed by atoms with Crippen LogP contribution in [0.25, 0.3) is 0 Å². The van der Waals surface area contributed by atoms with Crippen LogP contribution in [0.2, 0.25) is 5.28 Å². The molecule has 0 aliphatic rings. The van der Waals surface area contributed by atoms with E-state index in [1.165, 1.54) is 0 Å². The van der Waals surface area contributed by atoms with Crippen molar-refractivity contribution in [2.24, 2.45) is 0 Å². The highest BCUT2D eigenvalue weighted by molar-refractivity contribution is 6.09. The van der Waals surface area contributed by atoms with Gasteiger partial charge in [-0.3, -0.25) is 0 Å². The molecule has 0 unspecified atom stereocenters. The lowest BCUT2D eigenvalue weighted by molar-refractivity contribution is 1.76. The van der Waals surface area contributed by atoms with Crippen LogP contribution in [0, 0.1) is 0 Å². The van der Waals surface area contributed by atoms with Crippen molar-refractivity contribution in [2.75, 3.05) is 0 Å². The second-order valence-corrected chi connectivity index (χ2v) is 0.996. The van der Waals surface area contributed by atoms with Gasteiger partial charge in [0.2, 0.25) is 0 Å². The molecule has 0 aromatic carbocycles. The van der Waals surface area contributed by atoms with Gasteiger partial charge in [0.1, 0.15) is 16.3 Å². The molecule has 0 bridgehead atoms. The van der Waals surface area contributed by atoms with Crippen LogP contribution in [-0.2, 0) is 0 Å². The van der Waals surface area contributed by atoms with Crippen molar-refractivity contribution in [3.05, 3.63) is 12.7 Å². The Morgan fingerprint density at radius 1 is 1.50 bits per heavy atom. The summed E-state index contributed by atoms with van der Waals surface area (Å²) < 4.78 is 0. The number of hydrogen-bond acceptors (Lipinski definition) is 0. The minimum atomic E-state index is 0. The largest absolute Gasteiger partial charge is 0.147 e. The van der Waals surface area contributed by atoms with Gasteiger partial charge in [-0.25, -0.2) is 0 Å². The Hall–Kier alpha value is 0.852. The van der Waals surface area contributed by atoms with E-state index < -0.39 is 0 Å². The lowest BCUT2D eigenvalue weighted by Gasteiger charge is -1.58. The van der Waals surface area contributed by atoms with E-state index in [9.17, 15) is 0 Å². The van der Waals surface area contributed by atoms with E-state index in [2.05, 4.69) is 22.9 Å². The predicted molar refractivity (Wildman–Crippen MR) is 35.3 cm³/mol. The highest BCUT2D eigenvalue weighted by Crippen LogP contribution is 1.61. The Morgan fingerprint density at radius 3 is 1.67 bits per heavy atom. The van der Waals surface area contributed by atoms with Crippen molar-refractivity contribution in [1.82, 2.24) is 0 Å². The molecule has 0 atom stereocenters. The quantitative estimate of drug-likeness (QED) is 0.384. The zero-order chi connectivity index (χ0) is 3.41. The smallest absolute Gasteiger partial charge is 0.124 e. The van der Waals surface area contributed by atoms with E-state index in [4.69, 9.17) is 0 Å². The average molecular weight is 141 g/mol. The minimum absolute atomic E-state index is 0. The number of halogens is 2. The third kappa shape index (κ3) is 21.0. The zero-order valence-electron chi connectivity index (χ0n) is 3.39. The monoisotopic (exact) mass is 140 g/mol. The molecule has 0 heterocycles. The summed E-state index contributed by atoms with van der Waals surface area (Å²) in [6, 6.07) is 0. The van der Waals surface area contributed by atoms with Crippen LogP contribution in [0.1, 0.15) is 0 Å². The molecule has 6 heavy (non-hydrogen) atoms. The summed E-state index contributed by atoms with van der Waals surface area (Å²) in [6.07, 6.45) is 1.84. The fraction of sp³-hybridized carbons (Fsp3) is 0.333. The summed E-state index contributed by atoms with van der Waals surface area (Å²) in [5, 5.41) is 1.00. The molecule has 0 fully saturated rings. The van der Waals surface area contributed by atoms with Gasteiger partial charge < -0.3 is 0 Å². The summed E-state index contributed by atoms with van der Waals surface area (Å²) in [6.45, 7) is 3.46. The van der Waals surface area contributed by atoms with Crippen LogP contribution in [-0.4, -0.2) is 16.3 Å². The lowest BCUT2D eigenvalue weighted by atomic mass is 10.8. The molecule has 0 aromatic rings. The Labute approximate surface area is 59.2 Å². The standard InChI is InChI=1S/C3H5.Al.2ClH/c1-3-2;;;/h3H,1-2H2;;2*1H. The molecule has 2 radical (unpaired) electrons. The molecule has 0 aliphatic heterocycles. The Kier molecular flexibility index (Phi) is 44.6. The van der Waals surface area contributed by atoms with E-state index >= 15 is 0 Å². The normalized spacial score (nSPS) is 4.00. The van der Waals surface area contributed by atoms with Gasteiger partial charge in [0.15, 0.2) is 0 Å². The molecule has 0 spiro atoms. The Balaban J connectivity index is -0.0000000450. The fourth-order valence-electron chi connectivity index (χ4n) is 0. The molecular weight excluding hydrogens is 134 g/mol. The summed E-state index contributed by atoms with van der Waals surface area (Å²) in [7, 11) is 0. The minimum Gasteiger partial charge on any atom is -0.147 e. The molecule has 0 saturated carbocycles. The summed E-state index contributed by atoms with van der Waals surface area (Å²) in [5.74, 6) is 0. The van der Waals surface area contributed by atoms with Crippen LogP contribution >= 0.6 is 24.8 Å². The van der Waals surface area contributed by atoms with Gasteiger partial charge in [-0.1, -0.05) is 0 Å². The highest BCUT2D eigenvalue weighted by atomic mass is 35.5. The van der Waals surface area contributed by atoms with Gasteiger partial charge in [0, 0.05) is 0 Å². The molecule has 0 saturated heterocycles. The first-order valence-electron chi connectivity index (χ1n) is 1.22. The molecule has 0 aliphatic carbocycles. The van der Waals surface area contributed by atoms with Crippen molar-refractivity contribution in [2.45, 2.75) is 5.28 Å². The predicted octanol–water partition coefficient (Wildman–Crippen LogP) is 1.60. The molecule has 3 heteroatoms. The van der Waals surface area contributed by atoms with Crippen LogP contribution in [0.3, 0.4) is 0 Å². The molecule has 36 valence electrons. The molecule has 0 rings (SSSR count). The van der Waals surface area contributed by atoms with Crippen molar-refractivity contribution < 1.29 is 0 Å². The van der Waals surface area contributed by atoms with Crippen LogP contribution in [0.5, 0.6) is 0 Å². The van der Waals surface area contributed by atoms with E-state index in [0.29, 0.717) is 0 Å². The SMILES string of the molecule is C=C[CH2][Al].Cl.Cl. The van der Waals surface area contributed by atoms with E-state index in [1.807, 2.05) is 6.08 Å². The fourth-order valence-corrected chi connectivity index (χ4v) is 0. The maximum atomic E-state index is 3.46. The summed E-state index contributed by atoms with van der Waals surface area (Å²) in [5.41, 5.74) is 0. The topological polar surface area (TPSA) is 0 Å². The van der Waals surface area contributed by atoms with Crippen LogP contribution in [0.15, 0.2) is 12.7 Å². The maximum Gasteiger partial charge on any atom is 0.124 e. The molecule has 0 aromatic heterocycles. The number of allylic oxidation sites excluding steroid dienone is 1.